The lowest BCUT2D eigenvalue weighted by molar-refractivity contribution is 0.101. The Balaban J connectivity index is 1.12. The summed E-state index contributed by atoms with van der Waals surface area (Å²) in [7, 11) is 0. The van der Waals surface area contributed by atoms with Crippen molar-refractivity contribution in [1.29, 1.82) is 0 Å². The first kappa shape index (κ1) is 25.7. The molecule has 7 rings (SSSR count). The van der Waals surface area contributed by atoms with Gasteiger partial charge in [-0.15, -0.1) is 22.7 Å². The number of carbonyl (C=O) groups is 2. The lowest BCUT2D eigenvalue weighted by Crippen LogP contribution is -2.19. The SMILES string of the molecule is O=C(Nc1ccccc1-c1nc2ccccc2s1)c1cccc(C(=O)Nc2ccccc2-c2nc3ccccc3s2)n1. The smallest absolute Gasteiger partial charge is 0.274 e. The second-order valence-corrected chi connectivity index (χ2v) is 11.4. The average molecular weight is 584 g/mol. The van der Waals surface area contributed by atoms with Crippen molar-refractivity contribution < 1.29 is 9.59 Å². The Morgan fingerprint density at radius 3 is 1.38 bits per heavy atom. The van der Waals surface area contributed by atoms with Gasteiger partial charge in [0.2, 0.25) is 0 Å². The van der Waals surface area contributed by atoms with Crippen LogP contribution in [0.5, 0.6) is 0 Å². The molecule has 2 amide bonds. The van der Waals surface area contributed by atoms with E-state index in [0.717, 1.165) is 41.6 Å². The van der Waals surface area contributed by atoms with Crippen molar-refractivity contribution in [3.8, 4) is 21.1 Å². The number of thiazole rings is 2. The highest BCUT2D eigenvalue weighted by molar-refractivity contribution is 7.22. The van der Waals surface area contributed by atoms with Crippen molar-refractivity contribution in [1.82, 2.24) is 15.0 Å². The molecular weight excluding hydrogens is 563 g/mol. The molecule has 0 spiro atoms. The number of carbonyl (C=O) groups excluding carboxylic acids is 2. The molecule has 0 aliphatic rings. The van der Waals surface area contributed by atoms with Gasteiger partial charge in [0.15, 0.2) is 0 Å². The zero-order valence-corrected chi connectivity index (χ0v) is 23.6. The largest absolute Gasteiger partial charge is 0.320 e. The molecule has 202 valence electrons. The zero-order chi connectivity index (χ0) is 28.5. The Labute approximate surface area is 248 Å². The second-order valence-electron chi connectivity index (χ2n) is 9.38. The monoisotopic (exact) mass is 583 g/mol. The molecule has 0 unspecified atom stereocenters. The third kappa shape index (κ3) is 5.03. The van der Waals surface area contributed by atoms with Gasteiger partial charge < -0.3 is 10.6 Å². The van der Waals surface area contributed by atoms with E-state index in [9.17, 15) is 9.59 Å². The average Bonchev–Trinajstić information content (AvgIpc) is 3.66. The number of amides is 2. The highest BCUT2D eigenvalue weighted by Gasteiger charge is 2.18. The molecule has 3 aromatic heterocycles. The fraction of sp³-hybridized carbons (Fsp3) is 0. The number of hydrogen-bond acceptors (Lipinski definition) is 7. The van der Waals surface area contributed by atoms with Crippen molar-refractivity contribution in [2.75, 3.05) is 10.6 Å². The van der Waals surface area contributed by atoms with Crippen molar-refractivity contribution >= 4 is 66.3 Å². The molecular formula is C33H21N5O2S2. The number of para-hydroxylation sites is 4. The van der Waals surface area contributed by atoms with Gasteiger partial charge in [-0.2, -0.15) is 0 Å². The third-order valence-corrected chi connectivity index (χ3v) is 8.75. The minimum atomic E-state index is -0.423. The van der Waals surface area contributed by atoms with E-state index in [1.165, 1.54) is 0 Å². The lowest BCUT2D eigenvalue weighted by atomic mass is 10.1. The van der Waals surface area contributed by atoms with Gasteiger partial charge in [-0.05, 0) is 60.7 Å². The number of aromatic nitrogens is 3. The summed E-state index contributed by atoms with van der Waals surface area (Å²) < 4.78 is 2.14. The van der Waals surface area contributed by atoms with E-state index in [4.69, 9.17) is 9.97 Å². The normalized spacial score (nSPS) is 11.0. The highest BCUT2D eigenvalue weighted by atomic mass is 32.1. The third-order valence-electron chi connectivity index (χ3n) is 6.61. The minimum absolute atomic E-state index is 0.126. The van der Waals surface area contributed by atoms with E-state index < -0.39 is 11.8 Å². The van der Waals surface area contributed by atoms with Crippen LogP contribution in [-0.4, -0.2) is 26.8 Å². The van der Waals surface area contributed by atoms with Gasteiger partial charge in [0.1, 0.15) is 21.4 Å². The molecule has 2 N–H and O–H groups in total. The van der Waals surface area contributed by atoms with Crippen molar-refractivity contribution in [2.45, 2.75) is 0 Å². The first-order valence-corrected chi connectivity index (χ1v) is 14.8. The quantitative estimate of drug-likeness (QED) is 0.206. The van der Waals surface area contributed by atoms with E-state index in [1.807, 2.05) is 97.1 Å². The van der Waals surface area contributed by atoms with E-state index in [0.29, 0.717) is 11.4 Å². The summed E-state index contributed by atoms with van der Waals surface area (Å²) in [5, 5.41) is 7.52. The number of pyridine rings is 1. The fourth-order valence-corrected chi connectivity index (χ4v) is 6.60. The molecule has 0 saturated carbocycles. The van der Waals surface area contributed by atoms with Crippen LogP contribution in [-0.2, 0) is 0 Å². The molecule has 0 atom stereocenters. The standard InChI is InChI=1S/C33H21N5O2S2/c39-30(35-22-12-3-1-10-20(22)32-37-24-14-5-7-18-28(24)41-32)26-16-9-17-27(34-26)31(40)36-23-13-4-2-11-21(23)33-38-25-15-6-8-19-29(25)42-33/h1-19H,(H,35,39)(H,36,40). The molecule has 0 radical (unpaired) electrons. The molecule has 9 heteroatoms. The highest BCUT2D eigenvalue weighted by Crippen LogP contribution is 2.36. The summed E-state index contributed by atoms with van der Waals surface area (Å²) in [5.74, 6) is -0.846. The number of nitrogens with zero attached hydrogens (tertiary/aromatic N) is 3. The van der Waals surface area contributed by atoms with Crippen LogP contribution in [0.3, 0.4) is 0 Å². The molecule has 0 fully saturated rings. The van der Waals surface area contributed by atoms with Crippen LogP contribution in [0.1, 0.15) is 21.0 Å². The Morgan fingerprint density at radius 1 is 0.476 bits per heavy atom. The van der Waals surface area contributed by atoms with Gasteiger partial charge in [-0.3, -0.25) is 9.59 Å². The number of nitrogens with one attached hydrogen (secondary N) is 2. The summed E-state index contributed by atoms with van der Waals surface area (Å²) in [6, 6.07) is 35.7. The minimum Gasteiger partial charge on any atom is -0.320 e. The number of rotatable bonds is 6. The van der Waals surface area contributed by atoms with Crippen LogP contribution in [0.4, 0.5) is 11.4 Å². The van der Waals surface area contributed by atoms with Crippen LogP contribution in [0.25, 0.3) is 41.6 Å². The first-order chi connectivity index (χ1) is 20.6. The molecule has 0 aliphatic heterocycles. The molecule has 0 bridgehead atoms. The number of anilines is 2. The van der Waals surface area contributed by atoms with Crippen molar-refractivity contribution in [3.63, 3.8) is 0 Å². The van der Waals surface area contributed by atoms with Crippen LogP contribution < -0.4 is 10.6 Å². The Morgan fingerprint density at radius 2 is 0.905 bits per heavy atom. The summed E-state index contributed by atoms with van der Waals surface area (Å²) >= 11 is 3.12. The maximum Gasteiger partial charge on any atom is 0.274 e. The first-order valence-electron chi connectivity index (χ1n) is 13.1. The van der Waals surface area contributed by atoms with E-state index >= 15 is 0 Å². The van der Waals surface area contributed by atoms with Gasteiger partial charge in [0.05, 0.1) is 31.8 Å². The molecule has 4 aromatic carbocycles. The maximum atomic E-state index is 13.3. The van der Waals surface area contributed by atoms with Gasteiger partial charge >= 0.3 is 0 Å². The Bertz CT molecular complexity index is 1900. The molecule has 7 aromatic rings. The molecule has 0 saturated heterocycles. The van der Waals surface area contributed by atoms with Gasteiger partial charge in [-0.1, -0.05) is 54.6 Å². The predicted molar refractivity (Wildman–Crippen MR) is 170 cm³/mol. The summed E-state index contributed by atoms with van der Waals surface area (Å²) in [6.07, 6.45) is 0. The van der Waals surface area contributed by atoms with Crippen LogP contribution in [0.2, 0.25) is 0 Å². The predicted octanol–water partition coefficient (Wildman–Crippen LogP) is 8.14. The number of fused-ring (bicyclic) bond motifs is 2. The fourth-order valence-electron chi connectivity index (χ4n) is 4.59. The van der Waals surface area contributed by atoms with Gasteiger partial charge in [0, 0.05) is 11.1 Å². The lowest BCUT2D eigenvalue weighted by Gasteiger charge is -2.11. The summed E-state index contributed by atoms with van der Waals surface area (Å²) in [6.45, 7) is 0. The molecule has 3 heterocycles. The van der Waals surface area contributed by atoms with E-state index in [-0.39, 0.29) is 11.4 Å². The van der Waals surface area contributed by atoms with Crippen molar-refractivity contribution in [3.05, 3.63) is 127 Å². The zero-order valence-electron chi connectivity index (χ0n) is 21.9. The maximum absolute atomic E-state index is 13.3. The molecule has 7 nitrogen and oxygen atoms in total. The second kappa shape index (κ2) is 11.0. The van der Waals surface area contributed by atoms with Crippen LogP contribution in [0.15, 0.2) is 115 Å². The Kier molecular flexibility index (Phi) is 6.71. The molecule has 0 aliphatic carbocycles. The summed E-state index contributed by atoms with van der Waals surface area (Å²) in [4.78, 5) is 40.5. The summed E-state index contributed by atoms with van der Waals surface area (Å²) in [5.41, 5.74) is 4.92. The topological polar surface area (TPSA) is 96.9 Å². The van der Waals surface area contributed by atoms with Gasteiger partial charge in [0.25, 0.3) is 11.8 Å². The van der Waals surface area contributed by atoms with Crippen LogP contribution >= 0.6 is 22.7 Å². The molecule has 42 heavy (non-hydrogen) atoms. The Hall–Kier alpha value is -5.25. The number of benzene rings is 4. The van der Waals surface area contributed by atoms with E-state index in [1.54, 1.807) is 40.9 Å². The number of hydrogen-bond donors (Lipinski definition) is 2. The van der Waals surface area contributed by atoms with Crippen molar-refractivity contribution in [2.24, 2.45) is 0 Å². The van der Waals surface area contributed by atoms with E-state index in [2.05, 4.69) is 15.6 Å². The van der Waals surface area contributed by atoms with Crippen LogP contribution in [0, 0.1) is 0 Å². The van der Waals surface area contributed by atoms with Gasteiger partial charge in [-0.25, -0.2) is 15.0 Å².